The van der Waals surface area contributed by atoms with E-state index in [-0.39, 0.29) is 19.5 Å². The van der Waals surface area contributed by atoms with Crippen LogP contribution in [0.2, 0.25) is 0 Å². The lowest BCUT2D eigenvalue weighted by Gasteiger charge is -2.10. The van der Waals surface area contributed by atoms with Gasteiger partial charge in [-0.3, -0.25) is 4.79 Å². The molecule has 0 aliphatic carbocycles. The number of hydrogen-bond donors (Lipinski definition) is 2. The molecule has 2 aromatic rings. The maximum atomic E-state index is 12.0. The number of anilines is 1. The fraction of sp³-hybridized carbons (Fsp3) is 0.312. The number of rotatable bonds is 5. The SMILES string of the molecule is Cc1ccc2cc(C#N)c(NCCCNC(=O)C(F)(F)F)nc2c1. The van der Waals surface area contributed by atoms with Gasteiger partial charge in [-0.2, -0.15) is 18.4 Å². The predicted molar refractivity (Wildman–Crippen MR) is 83.4 cm³/mol. The summed E-state index contributed by atoms with van der Waals surface area (Å²) in [6.07, 6.45) is -4.61. The van der Waals surface area contributed by atoms with Gasteiger partial charge >= 0.3 is 12.1 Å². The first kappa shape index (κ1) is 17.5. The van der Waals surface area contributed by atoms with Gasteiger partial charge in [-0.15, -0.1) is 0 Å². The molecular formula is C16H15F3N4O. The largest absolute Gasteiger partial charge is 0.471 e. The lowest BCUT2D eigenvalue weighted by molar-refractivity contribution is -0.173. The van der Waals surface area contributed by atoms with Crippen molar-refractivity contribution in [2.75, 3.05) is 18.4 Å². The van der Waals surface area contributed by atoms with Gasteiger partial charge in [0, 0.05) is 18.5 Å². The van der Waals surface area contributed by atoms with Crippen LogP contribution in [-0.2, 0) is 4.79 Å². The van der Waals surface area contributed by atoms with Crippen LogP contribution in [0.4, 0.5) is 19.0 Å². The molecule has 1 heterocycles. The van der Waals surface area contributed by atoms with Crippen LogP contribution in [-0.4, -0.2) is 30.2 Å². The molecule has 0 fully saturated rings. The maximum Gasteiger partial charge on any atom is 0.471 e. The monoisotopic (exact) mass is 336 g/mol. The molecule has 24 heavy (non-hydrogen) atoms. The molecule has 0 saturated carbocycles. The van der Waals surface area contributed by atoms with E-state index in [4.69, 9.17) is 0 Å². The van der Waals surface area contributed by atoms with Gasteiger partial charge in [-0.1, -0.05) is 12.1 Å². The lowest BCUT2D eigenvalue weighted by atomic mass is 10.1. The normalized spacial score (nSPS) is 11.1. The number of fused-ring (bicyclic) bond motifs is 1. The number of aryl methyl sites for hydroxylation is 1. The Morgan fingerprint density at radius 3 is 2.71 bits per heavy atom. The first-order valence-electron chi connectivity index (χ1n) is 7.21. The number of halogens is 3. The van der Waals surface area contributed by atoms with E-state index in [1.165, 1.54) is 0 Å². The summed E-state index contributed by atoms with van der Waals surface area (Å²) in [5.74, 6) is -1.59. The van der Waals surface area contributed by atoms with E-state index in [1.807, 2.05) is 31.2 Å². The highest BCUT2D eigenvalue weighted by atomic mass is 19.4. The van der Waals surface area contributed by atoms with Crippen molar-refractivity contribution in [2.24, 2.45) is 0 Å². The first-order valence-corrected chi connectivity index (χ1v) is 7.21. The molecule has 1 aromatic heterocycles. The van der Waals surface area contributed by atoms with Crippen LogP contribution >= 0.6 is 0 Å². The summed E-state index contributed by atoms with van der Waals surface area (Å²) < 4.78 is 36.1. The molecule has 1 aromatic carbocycles. The van der Waals surface area contributed by atoms with Crippen molar-refractivity contribution in [3.05, 3.63) is 35.4 Å². The number of pyridine rings is 1. The van der Waals surface area contributed by atoms with Crippen LogP contribution in [0.5, 0.6) is 0 Å². The Bertz CT molecular complexity index is 796. The number of benzene rings is 1. The molecule has 0 unspecified atom stereocenters. The standard InChI is InChI=1S/C16H15F3N4O/c1-10-3-4-11-8-12(9-20)14(23-13(11)7-10)21-5-2-6-22-15(24)16(17,18)19/h3-4,7-8H,2,5-6H2,1H3,(H,21,23)(H,22,24). The molecule has 5 nitrogen and oxygen atoms in total. The Labute approximate surface area is 136 Å². The predicted octanol–water partition coefficient (Wildman–Crippen LogP) is 2.90. The van der Waals surface area contributed by atoms with E-state index in [0.717, 1.165) is 16.5 Å². The number of nitriles is 1. The molecule has 2 N–H and O–H groups in total. The third kappa shape index (κ3) is 4.35. The van der Waals surface area contributed by atoms with Gasteiger partial charge in [0.25, 0.3) is 0 Å². The van der Waals surface area contributed by atoms with Crippen molar-refractivity contribution in [1.29, 1.82) is 5.26 Å². The van der Waals surface area contributed by atoms with Crippen LogP contribution in [0.3, 0.4) is 0 Å². The summed E-state index contributed by atoms with van der Waals surface area (Å²) >= 11 is 0. The highest BCUT2D eigenvalue weighted by Gasteiger charge is 2.38. The average molecular weight is 336 g/mol. The number of amides is 1. The molecule has 8 heteroatoms. The Kier molecular flexibility index (Phi) is 5.24. The van der Waals surface area contributed by atoms with E-state index in [9.17, 15) is 23.2 Å². The Balaban J connectivity index is 1.97. The molecule has 0 spiro atoms. The minimum atomic E-state index is -4.88. The number of alkyl halides is 3. The van der Waals surface area contributed by atoms with Crippen molar-refractivity contribution in [1.82, 2.24) is 10.3 Å². The maximum absolute atomic E-state index is 12.0. The number of carbonyl (C=O) groups is 1. The van der Waals surface area contributed by atoms with E-state index < -0.39 is 12.1 Å². The second-order valence-corrected chi connectivity index (χ2v) is 5.23. The number of aromatic nitrogens is 1. The quantitative estimate of drug-likeness (QED) is 0.823. The summed E-state index contributed by atoms with van der Waals surface area (Å²) in [5.41, 5.74) is 2.10. The zero-order valence-corrected chi connectivity index (χ0v) is 12.9. The third-order valence-corrected chi connectivity index (χ3v) is 3.28. The van der Waals surface area contributed by atoms with Crippen molar-refractivity contribution >= 4 is 22.6 Å². The topological polar surface area (TPSA) is 77.8 Å². The van der Waals surface area contributed by atoms with Gasteiger partial charge in [0.2, 0.25) is 0 Å². The van der Waals surface area contributed by atoms with Gasteiger partial charge in [0.1, 0.15) is 11.9 Å². The highest BCUT2D eigenvalue weighted by Crippen LogP contribution is 2.21. The van der Waals surface area contributed by atoms with E-state index in [2.05, 4.69) is 10.3 Å². The molecule has 0 atom stereocenters. The van der Waals surface area contributed by atoms with Gasteiger partial charge in [0.15, 0.2) is 0 Å². The fourth-order valence-electron chi connectivity index (χ4n) is 2.09. The van der Waals surface area contributed by atoms with Crippen LogP contribution in [0.15, 0.2) is 24.3 Å². The summed E-state index contributed by atoms with van der Waals surface area (Å²) in [7, 11) is 0. The summed E-state index contributed by atoms with van der Waals surface area (Å²) in [5, 5.41) is 14.7. The van der Waals surface area contributed by atoms with E-state index >= 15 is 0 Å². The Hall–Kier alpha value is -2.82. The summed E-state index contributed by atoms with van der Waals surface area (Å²) in [6.45, 7) is 2.08. The van der Waals surface area contributed by atoms with Crippen LogP contribution in [0.1, 0.15) is 17.5 Å². The number of nitrogens with one attached hydrogen (secondary N) is 2. The third-order valence-electron chi connectivity index (χ3n) is 3.28. The van der Waals surface area contributed by atoms with Crippen LogP contribution in [0.25, 0.3) is 10.9 Å². The second-order valence-electron chi connectivity index (χ2n) is 5.23. The first-order chi connectivity index (χ1) is 11.3. The molecule has 0 radical (unpaired) electrons. The fourth-order valence-corrected chi connectivity index (χ4v) is 2.09. The minimum absolute atomic E-state index is 0.125. The Morgan fingerprint density at radius 1 is 1.29 bits per heavy atom. The number of hydrogen-bond acceptors (Lipinski definition) is 4. The Morgan fingerprint density at radius 2 is 2.04 bits per heavy atom. The van der Waals surface area contributed by atoms with E-state index in [1.54, 1.807) is 11.4 Å². The molecule has 0 aliphatic rings. The van der Waals surface area contributed by atoms with Gasteiger partial charge in [0.05, 0.1) is 11.1 Å². The summed E-state index contributed by atoms with van der Waals surface area (Å²) in [4.78, 5) is 15.0. The van der Waals surface area contributed by atoms with Crippen molar-refractivity contribution in [2.45, 2.75) is 19.5 Å². The van der Waals surface area contributed by atoms with Gasteiger partial charge < -0.3 is 10.6 Å². The molecule has 0 bridgehead atoms. The summed E-state index contributed by atoms with van der Waals surface area (Å²) in [6, 6.07) is 9.41. The lowest BCUT2D eigenvalue weighted by Crippen LogP contribution is -2.37. The zero-order valence-electron chi connectivity index (χ0n) is 12.9. The molecule has 0 aliphatic heterocycles. The molecule has 1 amide bonds. The minimum Gasteiger partial charge on any atom is -0.369 e. The molecule has 0 saturated heterocycles. The zero-order chi connectivity index (χ0) is 17.7. The smallest absolute Gasteiger partial charge is 0.369 e. The van der Waals surface area contributed by atoms with E-state index in [0.29, 0.717) is 11.4 Å². The average Bonchev–Trinajstić information content (AvgIpc) is 2.52. The van der Waals surface area contributed by atoms with Crippen LogP contribution in [0, 0.1) is 18.3 Å². The second kappa shape index (κ2) is 7.17. The van der Waals surface area contributed by atoms with Gasteiger partial charge in [-0.05, 0) is 31.0 Å². The highest BCUT2D eigenvalue weighted by molar-refractivity contribution is 5.83. The molecular weight excluding hydrogens is 321 g/mol. The van der Waals surface area contributed by atoms with Crippen molar-refractivity contribution in [3.8, 4) is 6.07 Å². The number of carbonyl (C=O) groups excluding carboxylic acids is 1. The molecule has 2 rings (SSSR count). The number of nitrogens with zero attached hydrogens (tertiary/aromatic N) is 2. The van der Waals surface area contributed by atoms with Gasteiger partial charge in [-0.25, -0.2) is 4.98 Å². The van der Waals surface area contributed by atoms with Crippen molar-refractivity contribution < 1.29 is 18.0 Å². The van der Waals surface area contributed by atoms with Crippen LogP contribution < -0.4 is 10.6 Å². The van der Waals surface area contributed by atoms with Crippen molar-refractivity contribution in [3.63, 3.8) is 0 Å². The molecule has 126 valence electrons.